The molecule has 0 spiro atoms. The minimum Gasteiger partial charge on any atom is -0.350 e. The van der Waals surface area contributed by atoms with Gasteiger partial charge in [-0.05, 0) is 13.0 Å². The summed E-state index contributed by atoms with van der Waals surface area (Å²) in [7, 11) is 0. The molecule has 0 saturated carbocycles. The van der Waals surface area contributed by atoms with E-state index in [-0.39, 0.29) is 5.78 Å². The number of aryl methyl sites for hydroxylation is 1. The Morgan fingerprint density at radius 1 is 1.56 bits per heavy atom. The normalized spacial score (nSPS) is 17.2. The molecule has 1 aromatic rings. The van der Waals surface area contributed by atoms with Gasteiger partial charge >= 0.3 is 0 Å². The average molecular weight is 264 g/mol. The molecule has 5 nitrogen and oxygen atoms in total. The number of imidazole rings is 1. The van der Waals surface area contributed by atoms with Crippen LogP contribution in [0.4, 0.5) is 0 Å². The number of ketones is 1. The van der Waals surface area contributed by atoms with Crippen LogP contribution in [-0.2, 0) is 10.5 Å². The number of nitrogens with zero attached hydrogens (tertiary/aromatic N) is 2. The summed E-state index contributed by atoms with van der Waals surface area (Å²) in [5.41, 5.74) is 2.22. The zero-order chi connectivity index (χ0) is 12.8. The second kappa shape index (κ2) is 6.39. The first-order valence-corrected chi connectivity index (χ1v) is 6.97. The van der Waals surface area contributed by atoms with E-state index in [1.807, 2.05) is 6.92 Å². The monoisotopic (exact) mass is 264 g/mol. The number of carbonyl (C=O) groups is 1. The number of aliphatic imine (C=N–C) groups is 1. The van der Waals surface area contributed by atoms with Gasteiger partial charge in [-0.25, -0.2) is 4.98 Å². The summed E-state index contributed by atoms with van der Waals surface area (Å²) in [5.74, 6) is 2.69. The van der Waals surface area contributed by atoms with Crippen molar-refractivity contribution in [1.29, 1.82) is 0 Å². The Morgan fingerprint density at radius 2 is 2.44 bits per heavy atom. The maximum absolute atomic E-state index is 11.1. The summed E-state index contributed by atoms with van der Waals surface area (Å²) in [5, 5.41) is 2.99. The van der Waals surface area contributed by atoms with E-state index in [9.17, 15) is 4.79 Å². The Kier molecular flexibility index (Phi) is 4.58. The summed E-state index contributed by atoms with van der Waals surface area (Å²) in [6.07, 6.45) is 5.29. The van der Waals surface area contributed by atoms with E-state index in [4.69, 9.17) is 0 Å². The van der Waals surface area contributed by atoms with E-state index >= 15 is 0 Å². The second-order valence-electron chi connectivity index (χ2n) is 3.98. The van der Waals surface area contributed by atoms with Crippen molar-refractivity contribution in [3.05, 3.63) is 30.0 Å². The van der Waals surface area contributed by atoms with Crippen molar-refractivity contribution in [1.82, 2.24) is 15.3 Å². The average Bonchev–Trinajstić information content (AvgIpc) is 2.75. The van der Waals surface area contributed by atoms with Gasteiger partial charge in [-0.2, -0.15) is 11.8 Å². The van der Waals surface area contributed by atoms with Crippen LogP contribution in [0.15, 0.2) is 23.6 Å². The van der Waals surface area contributed by atoms with Crippen LogP contribution in [-0.4, -0.2) is 33.9 Å². The number of nitrogens with one attached hydrogen (secondary N) is 2. The first-order chi connectivity index (χ1) is 8.75. The van der Waals surface area contributed by atoms with Crippen LogP contribution in [0.25, 0.3) is 0 Å². The fraction of sp³-hybridized carbons (Fsp3) is 0.417. The highest BCUT2D eigenvalue weighted by atomic mass is 32.2. The van der Waals surface area contributed by atoms with Crippen molar-refractivity contribution in [2.75, 3.05) is 12.3 Å². The van der Waals surface area contributed by atoms with E-state index in [1.165, 1.54) is 6.08 Å². The lowest BCUT2D eigenvalue weighted by atomic mass is 10.2. The number of hydrogen-bond donors (Lipinski definition) is 2. The maximum atomic E-state index is 11.1. The molecule has 0 aliphatic carbocycles. The molecule has 1 aromatic heterocycles. The van der Waals surface area contributed by atoms with Crippen LogP contribution in [0, 0.1) is 6.92 Å². The predicted octanol–water partition coefficient (Wildman–Crippen LogP) is 1.43. The minimum absolute atomic E-state index is 0.104. The Balaban J connectivity index is 1.67. The molecule has 0 amide bonds. The van der Waals surface area contributed by atoms with Gasteiger partial charge in [0.25, 0.3) is 0 Å². The van der Waals surface area contributed by atoms with Crippen LogP contribution in [0.5, 0.6) is 0 Å². The molecule has 0 fully saturated rings. The Bertz CT molecular complexity index is 478. The van der Waals surface area contributed by atoms with Crippen molar-refractivity contribution in [3.63, 3.8) is 0 Å². The molecule has 2 rings (SSSR count). The summed E-state index contributed by atoms with van der Waals surface area (Å²) in [4.78, 5) is 22.8. The molecule has 1 aliphatic heterocycles. The molecule has 0 unspecified atom stereocenters. The van der Waals surface area contributed by atoms with E-state index in [0.717, 1.165) is 35.3 Å². The van der Waals surface area contributed by atoms with Gasteiger partial charge in [0.2, 0.25) is 0 Å². The molecule has 1 aliphatic rings. The molecule has 6 heteroatoms. The molecule has 0 atom stereocenters. The number of allylic oxidation sites excluding steroid dienone is 1. The lowest BCUT2D eigenvalue weighted by molar-refractivity contribution is -0.113. The van der Waals surface area contributed by atoms with Gasteiger partial charge in [0, 0.05) is 23.4 Å². The standard InChI is InChI=1S/C12H16N4OS/c1-9-11(16-8-15-9)7-18-5-4-14-12-6-10(17)2-3-13-12/h2-3,8H,4-7H2,1H3,(H,13,14)(H,15,16). The maximum Gasteiger partial charge on any atom is 0.164 e. The lowest BCUT2D eigenvalue weighted by Gasteiger charge is -2.08. The Hall–Kier alpha value is -1.56. The molecule has 2 heterocycles. The third-order valence-electron chi connectivity index (χ3n) is 2.57. The van der Waals surface area contributed by atoms with Gasteiger partial charge < -0.3 is 10.3 Å². The summed E-state index contributed by atoms with van der Waals surface area (Å²) >= 11 is 1.79. The number of amidine groups is 1. The van der Waals surface area contributed by atoms with Crippen LogP contribution >= 0.6 is 11.8 Å². The van der Waals surface area contributed by atoms with Gasteiger partial charge in [-0.3, -0.25) is 9.79 Å². The minimum atomic E-state index is 0.104. The number of carbonyl (C=O) groups excluding carboxylic acids is 1. The largest absolute Gasteiger partial charge is 0.350 e. The number of rotatable bonds is 5. The summed E-state index contributed by atoms with van der Waals surface area (Å²) in [6.45, 7) is 2.74. The zero-order valence-corrected chi connectivity index (χ0v) is 11.1. The summed E-state index contributed by atoms with van der Waals surface area (Å²) < 4.78 is 0. The fourth-order valence-corrected chi connectivity index (χ4v) is 2.40. The third kappa shape index (κ3) is 3.73. The molecule has 0 aromatic carbocycles. The molecule has 2 N–H and O–H groups in total. The lowest BCUT2D eigenvalue weighted by Crippen LogP contribution is -2.25. The quantitative estimate of drug-likeness (QED) is 0.789. The topological polar surface area (TPSA) is 70.1 Å². The Morgan fingerprint density at radius 3 is 3.17 bits per heavy atom. The Labute approximate surface area is 110 Å². The van der Waals surface area contributed by atoms with Crippen LogP contribution in [0.2, 0.25) is 0 Å². The van der Waals surface area contributed by atoms with Gasteiger partial charge in [0.1, 0.15) is 5.84 Å². The number of aromatic amines is 1. The molecule has 18 heavy (non-hydrogen) atoms. The number of H-pyrrole nitrogens is 1. The van der Waals surface area contributed by atoms with Crippen LogP contribution in [0.1, 0.15) is 17.8 Å². The van der Waals surface area contributed by atoms with Crippen molar-refractivity contribution < 1.29 is 4.79 Å². The number of aromatic nitrogens is 2. The van der Waals surface area contributed by atoms with Gasteiger partial charge in [-0.15, -0.1) is 0 Å². The third-order valence-corrected chi connectivity index (χ3v) is 3.52. The van der Waals surface area contributed by atoms with Gasteiger partial charge in [0.05, 0.1) is 25.0 Å². The van der Waals surface area contributed by atoms with Crippen LogP contribution in [0.3, 0.4) is 0 Å². The molecular formula is C12H16N4OS. The highest BCUT2D eigenvalue weighted by Gasteiger charge is 2.07. The molecule has 0 radical (unpaired) electrons. The van der Waals surface area contributed by atoms with Crippen molar-refractivity contribution in [3.8, 4) is 0 Å². The first-order valence-electron chi connectivity index (χ1n) is 5.81. The van der Waals surface area contributed by atoms with Crippen molar-refractivity contribution in [2.45, 2.75) is 19.1 Å². The first kappa shape index (κ1) is 12.9. The van der Waals surface area contributed by atoms with E-state index < -0.39 is 0 Å². The van der Waals surface area contributed by atoms with E-state index in [1.54, 1.807) is 24.3 Å². The summed E-state index contributed by atoms with van der Waals surface area (Å²) in [6, 6.07) is 0. The fourth-order valence-electron chi connectivity index (χ4n) is 1.55. The highest BCUT2D eigenvalue weighted by molar-refractivity contribution is 7.98. The number of hydrogen-bond acceptors (Lipinski definition) is 4. The molecular weight excluding hydrogens is 248 g/mol. The zero-order valence-electron chi connectivity index (χ0n) is 10.3. The molecule has 0 bridgehead atoms. The second-order valence-corrected chi connectivity index (χ2v) is 5.08. The van der Waals surface area contributed by atoms with E-state index in [0.29, 0.717) is 6.42 Å². The smallest absolute Gasteiger partial charge is 0.164 e. The van der Waals surface area contributed by atoms with Crippen molar-refractivity contribution >= 4 is 23.4 Å². The van der Waals surface area contributed by atoms with Crippen molar-refractivity contribution in [2.24, 2.45) is 4.99 Å². The van der Waals surface area contributed by atoms with E-state index in [2.05, 4.69) is 20.3 Å². The molecule has 96 valence electrons. The predicted molar refractivity (Wildman–Crippen MR) is 73.7 cm³/mol. The van der Waals surface area contributed by atoms with Crippen LogP contribution < -0.4 is 5.32 Å². The van der Waals surface area contributed by atoms with Gasteiger partial charge in [-0.1, -0.05) is 0 Å². The number of thioether (sulfide) groups is 1. The SMILES string of the molecule is Cc1[nH]cnc1CSCCN=C1CC(=O)C=CN1. The van der Waals surface area contributed by atoms with Gasteiger partial charge in [0.15, 0.2) is 5.78 Å². The molecule has 0 saturated heterocycles. The highest BCUT2D eigenvalue weighted by Crippen LogP contribution is 2.12.